The van der Waals surface area contributed by atoms with Crippen LogP contribution in [0.2, 0.25) is 0 Å². The Balaban J connectivity index is 2.10. The molecule has 1 aromatic rings. The van der Waals surface area contributed by atoms with Gasteiger partial charge in [0.25, 0.3) is 0 Å². The van der Waals surface area contributed by atoms with Gasteiger partial charge in [0, 0.05) is 12.7 Å². The van der Waals surface area contributed by atoms with Crippen LogP contribution in [0.1, 0.15) is 5.56 Å². The number of hydrogen-bond acceptors (Lipinski definition) is 2. The predicted octanol–water partition coefficient (Wildman–Crippen LogP) is 1.65. The SMILES string of the molecule is CN1CC(=O)NC1=NC(=O)Nc1cccc(C(F)(F)F)c1. The van der Waals surface area contributed by atoms with Crippen molar-refractivity contribution < 1.29 is 22.8 Å². The third-order valence-corrected chi connectivity index (χ3v) is 2.64. The molecular weight excluding hydrogens is 289 g/mol. The molecule has 0 aliphatic carbocycles. The van der Waals surface area contributed by atoms with Gasteiger partial charge in [-0.25, -0.2) is 4.79 Å². The summed E-state index contributed by atoms with van der Waals surface area (Å²) in [5, 5.41) is 4.56. The smallest absolute Gasteiger partial charge is 0.336 e. The van der Waals surface area contributed by atoms with E-state index >= 15 is 0 Å². The van der Waals surface area contributed by atoms with Crippen molar-refractivity contribution in [1.29, 1.82) is 0 Å². The van der Waals surface area contributed by atoms with Crippen LogP contribution in [0.15, 0.2) is 29.3 Å². The van der Waals surface area contributed by atoms with E-state index in [4.69, 9.17) is 0 Å². The van der Waals surface area contributed by atoms with Crippen molar-refractivity contribution in [3.05, 3.63) is 29.8 Å². The number of urea groups is 1. The zero-order valence-corrected chi connectivity index (χ0v) is 10.9. The molecule has 0 atom stereocenters. The number of hydrogen-bond donors (Lipinski definition) is 2. The summed E-state index contributed by atoms with van der Waals surface area (Å²) in [6.07, 6.45) is -4.49. The highest BCUT2D eigenvalue weighted by molar-refractivity contribution is 6.09. The van der Waals surface area contributed by atoms with Crippen LogP contribution >= 0.6 is 0 Å². The van der Waals surface area contributed by atoms with E-state index < -0.39 is 17.8 Å². The van der Waals surface area contributed by atoms with Crippen LogP contribution in [-0.4, -0.2) is 36.4 Å². The molecule has 3 amide bonds. The quantitative estimate of drug-likeness (QED) is 0.828. The number of nitrogens with one attached hydrogen (secondary N) is 2. The lowest BCUT2D eigenvalue weighted by Crippen LogP contribution is -2.29. The number of nitrogens with zero attached hydrogens (tertiary/aromatic N) is 2. The predicted molar refractivity (Wildman–Crippen MR) is 68.7 cm³/mol. The van der Waals surface area contributed by atoms with Crippen molar-refractivity contribution in [2.45, 2.75) is 6.18 Å². The van der Waals surface area contributed by atoms with Gasteiger partial charge in [0.15, 0.2) is 0 Å². The highest BCUT2D eigenvalue weighted by Gasteiger charge is 2.30. The molecule has 0 aromatic heterocycles. The number of likely N-dealkylation sites (N-methyl/N-ethyl adjacent to an activating group) is 1. The van der Waals surface area contributed by atoms with Crippen molar-refractivity contribution in [1.82, 2.24) is 10.2 Å². The maximum Gasteiger partial charge on any atom is 0.416 e. The first-order valence-corrected chi connectivity index (χ1v) is 5.83. The van der Waals surface area contributed by atoms with Gasteiger partial charge >= 0.3 is 12.2 Å². The highest BCUT2D eigenvalue weighted by atomic mass is 19.4. The number of benzene rings is 1. The standard InChI is InChI=1S/C12H11F3N4O2/c1-19-6-9(20)17-10(19)18-11(21)16-8-4-2-3-7(5-8)12(13,14)15/h2-5H,6H2,1H3,(H2,16,17,18,20,21). The molecule has 0 saturated carbocycles. The summed E-state index contributed by atoms with van der Waals surface area (Å²) in [4.78, 5) is 27.7. The van der Waals surface area contributed by atoms with Gasteiger partial charge in [0.2, 0.25) is 11.9 Å². The van der Waals surface area contributed by atoms with Gasteiger partial charge in [-0.2, -0.15) is 18.2 Å². The maximum absolute atomic E-state index is 12.5. The van der Waals surface area contributed by atoms with Gasteiger partial charge in [0.05, 0.1) is 12.1 Å². The Labute approximate surface area is 117 Å². The van der Waals surface area contributed by atoms with E-state index in [1.54, 1.807) is 7.05 Å². The van der Waals surface area contributed by atoms with Gasteiger partial charge in [0.1, 0.15) is 0 Å². The van der Waals surface area contributed by atoms with Crippen molar-refractivity contribution >= 4 is 23.6 Å². The molecule has 0 spiro atoms. The molecule has 112 valence electrons. The fourth-order valence-corrected chi connectivity index (χ4v) is 1.68. The van der Waals surface area contributed by atoms with E-state index in [1.807, 2.05) is 0 Å². The lowest BCUT2D eigenvalue weighted by molar-refractivity contribution is -0.137. The van der Waals surface area contributed by atoms with E-state index in [9.17, 15) is 22.8 Å². The third kappa shape index (κ3) is 3.71. The van der Waals surface area contributed by atoms with Crippen LogP contribution in [-0.2, 0) is 11.0 Å². The van der Waals surface area contributed by atoms with E-state index in [1.165, 1.54) is 17.0 Å². The molecule has 0 radical (unpaired) electrons. The number of rotatable bonds is 1. The second-order valence-electron chi connectivity index (χ2n) is 4.35. The Bertz CT molecular complexity index is 613. The van der Waals surface area contributed by atoms with Crippen LogP contribution in [0.5, 0.6) is 0 Å². The van der Waals surface area contributed by atoms with E-state index in [-0.39, 0.29) is 24.1 Å². The Morgan fingerprint density at radius 1 is 1.43 bits per heavy atom. The molecule has 1 fully saturated rings. The Hall–Kier alpha value is -2.58. The molecule has 2 N–H and O–H groups in total. The Morgan fingerprint density at radius 3 is 2.71 bits per heavy atom. The molecule has 1 aliphatic heterocycles. The molecule has 1 heterocycles. The van der Waals surface area contributed by atoms with E-state index in [2.05, 4.69) is 15.6 Å². The Kier molecular flexibility index (Phi) is 3.83. The number of carbonyl (C=O) groups is 2. The number of guanidine groups is 1. The molecule has 21 heavy (non-hydrogen) atoms. The van der Waals surface area contributed by atoms with Crippen LogP contribution in [0, 0.1) is 0 Å². The van der Waals surface area contributed by atoms with E-state index in [0.717, 1.165) is 12.1 Å². The van der Waals surface area contributed by atoms with Crippen molar-refractivity contribution in [2.75, 3.05) is 18.9 Å². The molecule has 2 rings (SSSR count). The summed E-state index contributed by atoms with van der Waals surface area (Å²) in [6, 6.07) is 3.30. The molecule has 0 bridgehead atoms. The Morgan fingerprint density at radius 2 is 2.14 bits per heavy atom. The molecule has 1 aliphatic rings. The van der Waals surface area contributed by atoms with Crippen molar-refractivity contribution in [3.8, 4) is 0 Å². The summed E-state index contributed by atoms with van der Waals surface area (Å²) in [7, 11) is 1.55. The lowest BCUT2D eigenvalue weighted by atomic mass is 10.2. The molecule has 6 nitrogen and oxygen atoms in total. The van der Waals surface area contributed by atoms with Gasteiger partial charge < -0.3 is 10.2 Å². The summed E-state index contributed by atoms with van der Waals surface area (Å²) >= 11 is 0. The highest BCUT2D eigenvalue weighted by Crippen LogP contribution is 2.30. The summed E-state index contributed by atoms with van der Waals surface area (Å²) in [5.74, 6) is -0.271. The first-order valence-electron chi connectivity index (χ1n) is 5.83. The van der Waals surface area contributed by atoms with Crippen molar-refractivity contribution in [3.63, 3.8) is 0 Å². The van der Waals surface area contributed by atoms with E-state index in [0.29, 0.717) is 0 Å². The first-order chi connectivity index (χ1) is 9.75. The first kappa shape index (κ1) is 14.8. The minimum atomic E-state index is -4.49. The summed E-state index contributed by atoms with van der Waals surface area (Å²) in [5.41, 5.74) is -0.912. The van der Waals surface area contributed by atoms with Crippen LogP contribution in [0.3, 0.4) is 0 Å². The summed E-state index contributed by atoms with van der Waals surface area (Å²) < 4.78 is 37.6. The zero-order chi connectivity index (χ0) is 15.6. The lowest BCUT2D eigenvalue weighted by Gasteiger charge is -2.10. The fraction of sp³-hybridized carbons (Fsp3) is 0.250. The number of aliphatic imine (C=N–C) groups is 1. The van der Waals surface area contributed by atoms with Gasteiger partial charge in [-0.1, -0.05) is 6.07 Å². The molecule has 1 saturated heterocycles. The summed E-state index contributed by atoms with van der Waals surface area (Å²) in [6.45, 7) is 0.0652. The normalized spacial score (nSPS) is 17.0. The number of halogens is 3. The second-order valence-corrected chi connectivity index (χ2v) is 4.35. The zero-order valence-electron chi connectivity index (χ0n) is 10.9. The van der Waals surface area contributed by atoms with Gasteiger partial charge in [-0.3, -0.25) is 10.1 Å². The molecule has 9 heteroatoms. The second kappa shape index (κ2) is 5.43. The van der Waals surface area contributed by atoms with Crippen LogP contribution in [0.25, 0.3) is 0 Å². The average molecular weight is 300 g/mol. The molecular formula is C12H11F3N4O2. The van der Waals surface area contributed by atoms with Gasteiger partial charge in [-0.05, 0) is 18.2 Å². The van der Waals surface area contributed by atoms with Crippen LogP contribution in [0.4, 0.5) is 23.7 Å². The van der Waals surface area contributed by atoms with Crippen molar-refractivity contribution in [2.24, 2.45) is 4.99 Å². The molecule has 0 unspecified atom stereocenters. The monoisotopic (exact) mass is 300 g/mol. The molecule has 1 aromatic carbocycles. The average Bonchev–Trinajstić information content (AvgIpc) is 2.67. The number of amides is 3. The minimum Gasteiger partial charge on any atom is -0.336 e. The fourth-order valence-electron chi connectivity index (χ4n) is 1.68. The maximum atomic E-state index is 12.5. The third-order valence-electron chi connectivity index (χ3n) is 2.64. The number of alkyl halides is 3. The number of anilines is 1. The minimum absolute atomic E-state index is 0.0360. The largest absolute Gasteiger partial charge is 0.416 e. The number of carbonyl (C=O) groups excluding carboxylic acids is 2. The van der Waals surface area contributed by atoms with Crippen LogP contribution < -0.4 is 10.6 Å². The topological polar surface area (TPSA) is 73.8 Å². The van der Waals surface area contributed by atoms with Gasteiger partial charge in [-0.15, -0.1) is 0 Å².